The van der Waals surface area contributed by atoms with Crippen LogP contribution in [0, 0.1) is 5.82 Å². The van der Waals surface area contributed by atoms with E-state index in [4.69, 9.17) is 0 Å². The summed E-state index contributed by atoms with van der Waals surface area (Å²) in [7, 11) is -3.27. The highest BCUT2D eigenvalue weighted by molar-refractivity contribution is 7.92. The molecule has 0 aliphatic heterocycles. The Hall–Kier alpha value is -1.59. The van der Waals surface area contributed by atoms with Gasteiger partial charge in [0.2, 0.25) is 16.0 Å². The fourth-order valence-electron chi connectivity index (χ4n) is 2.73. The monoisotopic (exact) mass is 412 g/mol. The van der Waals surface area contributed by atoms with Crippen LogP contribution in [0.15, 0.2) is 24.3 Å². The average molecular weight is 412 g/mol. The van der Waals surface area contributed by atoms with Gasteiger partial charge in [-0.15, -0.1) is 0 Å². The van der Waals surface area contributed by atoms with Crippen LogP contribution >= 0.6 is 7.26 Å². The highest BCUT2D eigenvalue weighted by Crippen LogP contribution is 2.52. The van der Waals surface area contributed by atoms with Crippen LogP contribution in [-0.4, -0.2) is 51.7 Å². The van der Waals surface area contributed by atoms with Crippen LogP contribution in [-0.2, 0) is 16.2 Å². The van der Waals surface area contributed by atoms with E-state index in [0.29, 0.717) is 5.69 Å². The third-order valence-corrected chi connectivity index (χ3v) is 6.53. The van der Waals surface area contributed by atoms with Crippen LogP contribution in [0.1, 0.15) is 31.0 Å². The van der Waals surface area contributed by atoms with Gasteiger partial charge in [0.1, 0.15) is 5.82 Å². The molecule has 0 saturated heterocycles. The molecule has 2 aromatic rings. The van der Waals surface area contributed by atoms with Gasteiger partial charge in [0.05, 0.1) is 23.8 Å². The molecule has 0 bridgehead atoms. The van der Waals surface area contributed by atoms with E-state index in [1.807, 2.05) is 13.8 Å². The lowest BCUT2D eigenvalue weighted by molar-refractivity contribution is 0.599. The Morgan fingerprint density at radius 3 is 2.11 bits per heavy atom. The third kappa shape index (κ3) is 5.45. The summed E-state index contributed by atoms with van der Waals surface area (Å²) < 4.78 is 38.6. The van der Waals surface area contributed by atoms with Crippen molar-refractivity contribution in [2.75, 3.05) is 37.6 Å². The number of aromatic nitrogens is 2. The van der Waals surface area contributed by atoms with E-state index in [2.05, 4.69) is 30.0 Å². The minimum absolute atomic E-state index is 0.0976. The quantitative estimate of drug-likeness (QED) is 0.667. The van der Waals surface area contributed by atoms with Gasteiger partial charge in [0.25, 0.3) is 0 Å². The van der Waals surface area contributed by atoms with E-state index in [1.54, 1.807) is 12.1 Å². The predicted octanol–water partition coefficient (Wildman–Crippen LogP) is 4.21. The molecule has 8 heteroatoms. The number of halogens is 1. The van der Waals surface area contributed by atoms with E-state index >= 15 is 0 Å². The number of sulfonamides is 1. The first-order valence-corrected chi connectivity index (χ1v) is 13.9. The van der Waals surface area contributed by atoms with Crippen molar-refractivity contribution in [3.63, 3.8) is 0 Å². The Balaban J connectivity index is 2.82. The summed E-state index contributed by atoms with van der Waals surface area (Å²) in [5, 5.41) is 0. The molecule has 148 valence electrons. The molecular formula is C19H28FN3O2PS+. The molecule has 5 nitrogen and oxygen atoms in total. The number of benzene rings is 1. The lowest BCUT2D eigenvalue weighted by Crippen LogP contribution is -2.28. The molecule has 0 aliphatic rings. The van der Waals surface area contributed by atoms with E-state index in [9.17, 15) is 12.8 Å². The Morgan fingerprint density at radius 2 is 1.67 bits per heavy atom. The summed E-state index contributed by atoms with van der Waals surface area (Å²) in [5.74, 6) is -0.0905. The van der Waals surface area contributed by atoms with Gasteiger partial charge in [-0.2, -0.15) is 0 Å². The zero-order valence-electron chi connectivity index (χ0n) is 17.0. The molecular weight excluding hydrogens is 384 g/mol. The molecule has 0 N–H and O–H groups in total. The third-order valence-electron chi connectivity index (χ3n) is 4.10. The molecule has 0 fully saturated rings. The highest BCUT2D eigenvalue weighted by Gasteiger charge is 2.28. The zero-order chi connectivity index (χ0) is 20.6. The van der Waals surface area contributed by atoms with Gasteiger partial charge in [-0.05, 0) is 30.2 Å². The second kappa shape index (κ2) is 7.80. The molecule has 27 heavy (non-hydrogen) atoms. The van der Waals surface area contributed by atoms with Gasteiger partial charge in [0, 0.05) is 45.4 Å². The summed E-state index contributed by atoms with van der Waals surface area (Å²) in [6, 6.07) is 6.14. The van der Waals surface area contributed by atoms with Crippen LogP contribution in [0.3, 0.4) is 0 Å². The lowest BCUT2D eigenvalue weighted by Gasteiger charge is -2.23. The van der Waals surface area contributed by atoms with Crippen molar-refractivity contribution >= 4 is 23.2 Å². The zero-order valence-corrected chi connectivity index (χ0v) is 18.7. The van der Waals surface area contributed by atoms with Crippen LogP contribution in [0.4, 0.5) is 10.3 Å². The standard InChI is InChI=1S/C19H28FN3O2PS/c1-13(2)17-16(12-26(4,5)6)18(14-8-10-15(20)11-9-14)22-19(21-17)23(3)27(7,24)25/h8-11,13H,12H2,1-7H3/q+1. The van der Waals surface area contributed by atoms with Crippen molar-refractivity contribution in [2.24, 2.45) is 0 Å². The lowest BCUT2D eigenvalue weighted by atomic mass is 9.99. The minimum atomic E-state index is -3.50. The Morgan fingerprint density at radius 1 is 1.11 bits per heavy atom. The van der Waals surface area contributed by atoms with Crippen molar-refractivity contribution in [2.45, 2.75) is 25.9 Å². The molecule has 0 saturated carbocycles. The SMILES string of the molecule is CC(C)c1nc(N(C)S(C)(=O)=O)nc(-c2ccc(F)cc2)c1C[P+](C)(C)C. The van der Waals surface area contributed by atoms with Gasteiger partial charge in [0.15, 0.2) is 0 Å². The largest absolute Gasteiger partial charge is 0.241 e. The fourth-order valence-corrected chi connectivity index (χ4v) is 4.37. The van der Waals surface area contributed by atoms with Gasteiger partial charge >= 0.3 is 0 Å². The Bertz CT molecular complexity index is 923. The van der Waals surface area contributed by atoms with Gasteiger partial charge in [-0.25, -0.2) is 27.1 Å². The number of hydrogen-bond acceptors (Lipinski definition) is 4. The fraction of sp³-hybridized carbons (Fsp3) is 0.474. The average Bonchev–Trinajstić information content (AvgIpc) is 2.52. The maximum atomic E-state index is 13.4. The first-order valence-electron chi connectivity index (χ1n) is 8.70. The molecule has 0 unspecified atom stereocenters. The second-order valence-electron chi connectivity index (χ2n) is 8.08. The van der Waals surface area contributed by atoms with E-state index in [0.717, 1.165) is 33.5 Å². The molecule has 2 rings (SSSR count). The summed E-state index contributed by atoms with van der Waals surface area (Å²) in [5.41, 5.74) is 3.29. The molecule has 1 heterocycles. The van der Waals surface area contributed by atoms with Crippen LogP contribution in [0.5, 0.6) is 0 Å². The van der Waals surface area contributed by atoms with Crippen molar-refractivity contribution in [3.05, 3.63) is 41.3 Å². The van der Waals surface area contributed by atoms with E-state index < -0.39 is 17.3 Å². The highest BCUT2D eigenvalue weighted by atomic mass is 32.2. The smallest absolute Gasteiger partial charge is 0.239 e. The van der Waals surface area contributed by atoms with E-state index in [-0.39, 0.29) is 17.7 Å². The summed E-state index contributed by atoms with van der Waals surface area (Å²) >= 11 is 0. The van der Waals surface area contributed by atoms with Gasteiger partial charge in [-0.1, -0.05) is 13.8 Å². The molecule has 1 aromatic heterocycles. The molecule has 0 atom stereocenters. The van der Waals surface area contributed by atoms with Crippen LogP contribution in [0.25, 0.3) is 11.3 Å². The predicted molar refractivity (Wildman–Crippen MR) is 113 cm³/mol. The molecule has 1 aromatic carbocycles. The molecule has 0 radical (unpaired) electrons. The second-order valence-corrected chi connectivity index (χ2v) is 15.0. The molecule has 0 amide bonds. The Kier molecular flexibility index (Phi) is 6.27. The first kappa shape index (κ1) is 21.7. The maximum Gasteiger partial charge on any atom is 0.239 e. The summed E-state index contributed by atoms with van der Waals surface area (Å²) in [6.45, 7) is 10.8. The van der Waals surface area contributed by atoms with Crippen molar-refractivity contribution < 1.29 is 12.8 Å². The summed E-state index contributed by atoms with van der Waals surface area (Å²) in [6.07, 6.45) is 1.95. The van der Waals surface area contributed by atoms with Gasteiger partial charge in [-0.3, -0.25) is 0 Å². The number of nitrogens with zero attached hydrogens (tertiary/aromatic N) is 3. The van der Waals surface area contributed by atoms with Crippen LogP contribution < -0.4 is 4.31 Å². The molecule has 0 spiro atoms. The maximum absolute atomic E-state index is 13.4. The summed E-state index contributed by atoms with van der Waals surface area (Å²) in [4.78, 5) is 9.20. The minimum Gasteiger partial charge on any atom is -0.241 e. The van der Waals surface area contributed by atoms with Crippen molar-refractivity contribution in [3.8, 4) is 11.3 Å². The number of anilines is 1. The Labute approximate surface area is 162 Å². The van der Waals surface area contributed by atoms with Gasteiger partial charge < -0.3 is 0 Å². The van der Waals surface area contributed by atoms with Crippen molar-refractivity contribution in [1.82, 2.24) is 9.97 Å². The van der Waals surface area contributed by atoms with E-state index in [1.165, 1.54) is 19.2 Å². The number of hydrogen-bond donors (Lipinski definition) is 0. The normalized spacial score (nSPS) is 12.5. The topological polar surface area (TPSA) is 63.2 Å². The molecule has 0 aliphatic carbocycles. The van der Waals surface area contributed by atoms with Crippen molar-refractivity contribution in [1.29, 1.82) is 0 Å². The first-order chi connectivity index (χ1) is 12.3. The number of rotatable bonds is 6. The van der Waals surface area contributed by atoms with Crippen LogP contribution in [0.2, 0.25) is 0 Å².